The van der Waals surface area contributed by atoms with Crippen LogP contribution in [0.3, 0.4) is 0 Å². The molecule has 25 heavy (non-hydrogen) atoms. The summed E-state index contributed by atoms with van der Waals surface area (Å²) in [5.41, 5.74) is 1.29. The molecule has 3 rings (SSSR count). The summed E-state index contributed by atoms with van der Waals surface area (Å²) in [7, 11) is 0. The van der Waals surface area contributed by atoms with Gasteiger partial charge in [0.15, 0.2) is 5.82 Å². The molecule has 0 saturated heterocycles. The Hall–Kier alpha value is -2.69. The van der Waals surface area contributed by atoms with Crippen LogP contribution in [0.25, 0.3) is 17.1 Å². The summed E-state index contributed by atoms with van der Waals surface area (Å²) in [6.07, 6.45) is 6.31. The van der Waals surface area contributed by atoms with E-state index in [0.29, 0.717) is 11.4 Å². The van der Waals surface area contributed by atoms with Gasteiger partial charge in [-0.15, -0.1) is 10.2 Å². The minimum atomic E-state index is -0.316. The SMILES string of the molecule is CCCCCCOc1ccc(-n2cnnc2-c2ccccc2F)cc1. The summed E-state index contributed by atoms with van der Waals surface area (Å²) in [6, 6.07) is 14.2. The molecule has 0 amide bonds. The first-order chi connectivity index (χ1) is 12.3. The van der Waals surface area contributed by atoms with Crippen LogP contribution in [0.4, 0.5) is 4.39 Å². The van der Waals surface area contributed by atoms with Crippen molar-refractivity contribution < 1.29 is 9.13 Å². The van der Waals surface area contributed by atoms with Gasteiger partial charge in [0.2, 0.25) is 0 Å². The van der Waals surface area contributed by atoms with Gasteiger partial charge in [0.05, 0.1) is 12.2 Å². The molecule has 0 N–H and O–H groups in total. The molecule has 0 spiro atoms. The number of aromatic nitrogens is 3. The highest BCUT2D eigenvalue weighted by Crippen LogP contribution is 2.24. The Bertz CT molecular complexity index is 799. The third kappa shape index (κ3) is 4.24. The third-order valence-electron chi connectivity index (χ3n) is 4.04. The van der Waals surface area contributed by atoms with Gasteiger partial charge in [0.25, 0.3) is 0 Å². The van der Waals surface area contributed by atoms with Crippen LogP contribution in [0.1, 0.15) is 32.6 Å². The van der Waals surface area contributed by atoms with E-state index >= 15 is 0 Å². The summed E-state index contributed by atoms with van der Waals surface area (Å²) < 4.78 is 21.6. The molecule has 2 aromatic carbocycles. The lowest BCUT2D eigenvalue weighted by Crippen LogP contribution is -1.99. The first-order valence-electron chi connectivity index (χ1n) is 8.67. The number of rotatable bonds is 8. The highest BCUT2D eigenvalue weighted by molar-refractivity contribution is 5.58. The molecule has 0 atom stereocenters. The van der Waals surface area contributed by atoms with Crippen molar-refractivity contribution in [3.63, 3.8) is 0 Å². The second kappa shape index (κ2) is 8.42. The fourth-order valence-electron chi connectivity index (χ4n) is 2.67. The van der Waals surface area contributed by atoms with Gasteiger partial charge < -0.3 is 4.74 Å². The molecule has 0 bridgehead atoms. The lowest BCUT2D eigenvalue weighted by molar-refractivity contribution is 0.305. The predicted octanol–water partition coefficient (Wildman–Crippen LogP) is 5.03. The van der Waals surface area contributed by atoms with Gasteiger partial charge in [0, 0.05) is 5.69 Å². The van der Waals surface area contributed by atoms with E-state index in [0.717, 1.165) is 24.5 Å². The van der Waals surface area contributed by atoms with Crippen LogP contribution in [0, 0.1) is 5.82 Å². The van der Waals surface area contributed by atoms with Crippen LogP contribution >= 0.6 is 0 Å². The van der Waals surface area contributed by atoms with Crippen LogP contribution in [0.5, 0.6) is 5.75 Å². The molecule has 0 saturated carbocycles. The summed E-state index contributed by atoms with van der Waals surface area (Å²) in [4.78, 5) is 0. The number of hydrogen-bond acceptors (Lipinski definition) is 3. The molecular formula is C20H22FN3O. The highest BCUT2D eigenvalue weighted by Gasteiger charge is 2.12. The number of ether oxygens (including phenoxy) is 1. The Morgan fingerprint density at radius 1 is 1.00 bits per heavy atom. The molecule has 4 nitrogen and oxygen atoms in total. The molecule has 0 aliphatic rings. The fraction of sp³-hybridized carbons (Fsp3) is 0.300. The first kappa shape index (κ1) is 17.1. The molecule has 3 aromatic rings. The van der Waals surface area contributed by atoms with E-state index in [1.807, 2.05) is 24.3 Å². The maximum Gasteiger partial charge on any atom is 0.171 e. The zero-order valence-electron chi connectivity index (χ0n) is 14.4. The molecule has 1 heterocycles. The average Bonchev–Trinajstić information content (AvgIpc) is 3.12. The molecule has 5 heteroatoms. The van der Waals surface area contributed by atoms with Gasteiger partial charge in [-0.1, -0.05) is 38.3 Å². The van der Waals surface area contributed by atoms with Crippen LogP contribution in [0.2, 0.25) is 0 Å². The van der Waals surface area contributed by atoms with E-state index in [2.05, 4.69) is 17.1 Å². The van der Waals surface area contributed by atoms with E-state index < -0.39 is 0 Å². The first-order valence-corrected chi connectivity index (χ1v) is 8.67. The standard InChI is InChI=1S/C20H22FN3O/c1-2-3-4-7-14-25-17-12-10-16(11-13-17)24-15-22-23-20(24)18-8-5-6-9-19(18)21/h5-6,8-13,15H,2-4,7,14H2,1H3. The minimum absolute atomic E-state index is 0.316. The van der Waals surface area contributed by atoms with Crippen molar-refractivity contribution in [1.82, 2.24) is 14.8 Å². The number of unbranched alkanes of at least 4 members (excludes halogenated alkanes) is 3. The number of halogens is 1. The van der Waals surface area contributed by atoms with Gasteiger partial charge in [-0.3, -0.25) is 4.57 Å². The molecular weight excluding hydrogens is 317 g/mol. The largest absolute Gasteiger partial charge is 0.494 e. The molecule has 0 radical (unpaired) electrons. The Balaban J connectivity index is 1.71. The monoisotopic (exact) mass is 339 g/mol. The van der Waals surface area contributed by atoms with Crippen molar-refractivity contribution in [2.75, 3.05) is 6.61 Å². The van der Waals surface area contributed by atoms with Crippen LogP contribution in [-0.2, 0) is 0 Å². The van der Waals surface area contributed by atoms with E-state index in [4.69, 9.17) is 4.74 Å². The Kier molecular flexibility index (Phi) is 5.77. The van der Waals surface area contributed by atoms with Crippen molar-refractivity contribution in [1.29, 1.82) is 0 Å². The minimum Gasteiger partial charge on any atom is -0.494 e. The third-order valence-corrected chi connectivity index (χ3v) is 4.04. The maximum atomic E-state index is 14.0. The lowest BCUT2D eigenvalue weighted by atomic mass is 10.2. The van der Waals surface area contributed by atoms with Crippen molar-refractivity contribution in [2.24, 2.45) is 0 Å². The van der Waals surface area contributed by atoms with Crippen LogP contribution in [0.15, 0.2) is 54.9 Å². The predicted molar refractivity (Wildman–Crippen MR) is 96.4 cm³/mol. The molecule has 1 aromatic heterocycles. The zero-order chi connectivity index (χ0) is 17.5. The van der Waals surface area contributed by atoms with Gasteiger partial charge in [-0.05, 0) is 42.8 Å². The quantitative estimate of drug-likeness (QED) is 0.540. The van der Waals surface area contributed by atoms with Gasteiger partial charge in [-0.25, -0.2) is 4.39 Å². The number of benzene rings is 2. The summed E-state index contributed by atoms with van der Waals surface area (Å²) in [5, 5.41) is 8.00. The van der Waals surface area contributed by atoms with E-state index in [1.165, 1.54) is 25.3 Å². The maximum absolute atomic E-state index is 14.0. The van der Waals surface area contributed by atoms with Crippen molar-refractivity contribution in [2.45, 2.75) is 32.6 Å². The summed E-state index contributed by atoms with van der Waals surface area (Å²) in [6.45, 7) is 2.92. The van der Waals surface area contributed by atoms with Crippen molar-refractivity contribution >= 4 is 0 Å². The van der Waals surface area contributed by atoms with Crippen molar-refractivity contribution in [3.8, 4) is 22.8 Å². The fourth-order valence-corrected chi connectivity index (χ4v) is 2.67. The van der Waals surface area contributed by atoms with Crippen LogP contribution < -0.4 is 4.74 Å². The average molecular weight is 339 g/mol. The Morgan fingerprint density at radius 2 is 1.80 bits per heavy atom. The van der Waals surface area contributed by atoms with E-state index in [9.17, 15) is 4.39 Å². The zero-order valence-corrected chi connectivity index (χ0v) is 14.4. The Labute approximate surface area is 147 Å². The smallest absolute Gasteiger partial charge is 0.171 e. The Morgan fingerprint density at radius 3 is 2.56 bits per heavy atom. The second-order valence-electron chi connectivity index (χ2n) is 5.91. The second-order valence-corrected chi connectivity index (χ2v) is 5.91. The molecule has 0 aliphatic carbocycles. The molecule has 130 valence electrons. The molecule has 0 unspecified atom stereocenters. The number of nitrogens with zero attached hydrogens (tertiary/aromatic N) is 3. The van der Waals surface area contributed by atoms with Crippen LogP contribution in [-0.4, -0.2) is 21.4 Å². The highest BCUT2D eigenvalue weighted by atomic mass is 19.1. The summed E-state index contributed by atoms with van der Waals surface area (Å²) >= 11 is 0. The van der Waals surface area contributed by atoms with Gasteiger partial charge in [0.1, 0.15) is 17.9 Å². The van der Waals surface area contributed by atoms with Gasteiger partial charge >= 0.3 is 0 Å². The van der Waals surface area contributed by atoms with Crippen molar-refractivity contribution in [3.05, 3.63) is 60.7 Å². The molecule has 0 aliphatic heterocycles. The molecule has 0 fully saturated rings. The number of hydrogen-bond donors (Lipinski definition) is 0. The lowest BCUT2D eigenvalue weighted by Gasteiger charge is -2.09. The summed E-state index contributed by atoms with van der Waals surface area (Å²) in [5.74, 6) is 0.996. The van der Waals surface area contributed by atoms with E-state index in [1.54, 1.807) is 29.1 Å². The normalized spacial score (nSPS) is 10.8. The van der Waals surface area contributed by atoms with E-state index in [-0.39, 0.29) is 5.82 Å². The van der Waals surface area contributed by atoms with Gasteiger partial charge in [-0.2, -0.15) is 0 Å². The topological polar surface area (TPSA) is 39.9 Å².